The van der Waals surface area contributed by atoms with Crippen LogP contribution in [0.2, 0.25) is 10.0 Å². The number of hydrogen-bond acceptors (Lipinski definition) is 3. The van der Waals surface area contributed by atoms with E-state index in [-0.39, 0.29) is 5.96 Å². The van der Waals surface area contributed by atoms with Crippen LogP contribution in [0.1, 0.15) is 5.56 Å². The molecule has 0 radical (unpaired) electrons. The van der Waals surface area contributed by atoms with Crippen molar-refractivity contribution in [2.45, 2.75) is 0 Å². The second kappa shape index (κ2) is 5.58. The lowest BCUT2D eigenvalue weighted by Gasteiger charge is -2.05. The zero-order chi connectivity index (χ0) is 12.1. The van der Waals surface area contributed by atoms with Gasteiger partial charge in [0.05, 0.1) is 23.4 Å². The molecule has 0 aromatic heterocycles. The van der Waals surface area contributed by atoms with Crippen LogP contribution >= 0.6 is 23.2 Å². The van der Waals surface area contributed by atoms with Crippen molar-refractivity contribution in [2.24, 2.45) is 21.7 Å². The fourth-order valence-electron chi connectivity index (χ4n) is 1.01. The minimum absolute atomic E-state index is 0.123. The third kappa shape index (κ3) is 3.29. The Morgan fingerprint density at radius 2 is 1.88 bits per heavy atom. The lowest BCUT2D eigenvalue weighted by Crippen LogP contribution is -2.21. The number of benzene rings is 1. The SMILES string of the molecule is COc1c(Cl)cc(C=NN=C(N)N)cc1Cl. The first-order chi connectivity index (χ1) is 7.54. The van der Waals surface area contributed by atoms with E-state index in [9.17, 15) is 0 Å². The molecular formula is C9H10Cl2N4O. The summed E-state index contributed by atoms with van der Waals surface area (Å²) >= 11 is 11.8. The first-order valence-electron chi connectivity index (χ1n) is 4.19. The molecule has 1 rings (SSSR count). The van der Waals surface area contributed by atoms with Gasteiger partial charge >= 0.3 is 0 Å². The van der Waals surface area contributed by atoms with E-state index in [1.54, 1.807) is 12.1 Å². The Morgan fingerprint density at radius 1 is 1.31 bits per heavy atom. The maximum atomic E-state index is 5.92. The van der Waals surface area contributed by atoms with Gasteiger partial charge in [-0.1, -0.05) is 23.2 Å². The molecule has 0 aliphatic carbocycles. The minimum atomic E-state index is -0.123. The number of hydrogen-bond donors (Lipinski definition) is 2. The molecule has 0 fully saturated rings. The normalized spacial score (nSPS) is 10.4. The Balaban J connectivity index is 3.00. The van der Waals surface area contributed by atoms with E-state index >= 15 is 0 Å². The molecule has 0 saturated heterocycles. The van der Waals surface area contributed by atoms with E-state index in [0.29, 0.717) is 21.4 Å². The van der Waals surface area contributed by atoms with Gasteiger partial charge in [0.1, 0.15) is 0 Å². The summed E-state index contributed by atoms with van der Waals surface area (Å²) in [5.74, 6) is 0.296. The molecule has 0 bridgehead atoms. The van der Waals surface area contributed by atoms with Crippen molar-refractivity contribution >= 4 is 35.4 Å². The van der Waals surface area contributed by atoms with Crippen molar-refractivity contribution in [3.05, 3.63) is 27.7 Å². The molecule has 4 N–H and O–H groups in total. The monoisotopic (exact) mass is 260 g/mol. The van der Waals surface area contributed by atoms with Crippen molar-refractivity contribution < 1.29 is 4.74 Å². The molecule has 86 valence electrons. The Labute approximate surface area is 103 Å². The molecule has 0 unspecified atom stereocenters. The molecule has 16 heavy (non-hydrogen) atoms. The summed E-state index contributed by atoms with van der Waals surface area (Å²) < 4.78 is 5.00. The van der Waals surface area contributed by atoms with Crippen LogP contribution in [0.15, 0.2) is 22.3 Å². The topological polar surface area (TPSA) is 86.0 Å². The minimum Gasteiger partial charge on any atom is -0.494 e. The van der Waals surface area contributed by atoms with Crippen molar-refractivity contribution in [1.29, 1.82) is 0 Å². The van der Waals surface area contributed by atoms with Crippen LogP contribution in [0, 0.1) is 0 Å². The van der Waals surface area contributed by atoms with Crippen LogP contribution < -0.4 is 16.2 Å². The van der Waals surface area contributed by atoms with E-state index < -0.39 is 0 Å². The summed E-state index contributed by atoms with van der Waals surface area (Å²) in [5, 5.41) is 7.86. The first-order valence-corrected chi connectivity index (χ1v) is 4.95. The highest BCUT2D eigenvalue weighted by Gasteiger charge is 2.07. The van der Waals surface area contributed by atoms with Crippen LogP contribution in [-0.4, -0.2) is 19.3 Å². The van der Waals surface area contributed by atoms with Gasteiger partial charge in [-0.2, -0.15) is 5.10 Å². The van der Waals surface area contributed by atoms with Crippen LogP contribution in [0.25, 0.3) is 0 Å². The second-order valence-electron chi connectivity index (χ2n) is 2.79. The smallest absolute Gasteiger partial charge is 0.211 e. The average molecular weight is 261 g/mol. The fourth-order valence-corrected chi connectivity index (χ4v) is 1.67. The molecule has 1 aromatic carbocycles. The van der Waals surface area contributed by atoms with Crippen LogP contribution in [0.3, 0.4) is 0 Å². The van der Waals surface area contributed by atoms with Crippen LogP contribution in [0.5, 0.6) is 5.75 Å². The number of guanidine groups is 1. The van der Waals surface area contributed by atoms with Gasteiger partial charge in [-0.3, -0.25) is 0 Å². The number of methoxy groups -OCH3 is 1. The average Bonchev–Trinajstić information content (AvgIpc) is 2.16. The summed E-state index contributed by atoms with van der Waals surface area (Å²) in [7, 11) is 1.49. The number of rotatable bonds is 3. The summed E-state index contributed by atoms with van der Waals surface area (Å²) in [5.41, 5.74) is 10.9. The molecule has 0 aliphatic rings. The molecule has 0 heterocycles. The van der Waals surface area contributed by atoms with E-state index in [0.717, 1.165) is 0 Å². The standard InChI is InChI=1S/C9H10Cl2N4O/c1-16-8-6(10)2-5(3-7(8)11)4-14-15-9(12)13/h2-4H,1H3,(H4,12,13,15). The molecule has 7 heteroatoms. The highest BCUT2D eigenvalue weighted by molar-refractivity contribution is 6.37. The number of nitrogens with zero attached hydrogens (tertiary/aromatic N) is 2. The fraction of sp³-hybridized carbons (Fsp3) is 0.111. The summed E-state index contributed by atoms with van der Waals surface area (Å²) in [6.07, 6.45) is 1.43. The first kappa shape index (κ1) is 12.6. The number of ether oxygens (including phenoxy) is 1. The van der Waals surface area contributed by atoms with Crippen LogP contribution in [0.4, 0.5) is 0 Å². The zero-order valence-corrected chi connectivity index (χ0v) is 9.96. The molecule has 1 aromatic rings. The molecular weight excluding hydrogens is 251 g/mol. The molecule has 0 spiro atoms. The van der Waals surface area contributed by atoms with Crippen molar-refractivity contribution in [3.63, 3.8) is 0 Å². The van der Waals surface area contributed by atoms with E-state index in [1.807, 2.05) is 0 Å². The van der Waals surface area contributed by atoms with E-state index in [1.165, 1.54) is 13.3 Å². The van der Waals surface area contributed by atoms with Gasteiger partial charge in [0.15, 0.2) is 5.75 Å². The Bertz CT molecular complexity index is 418. The highest BCUT2D eigenvalue weighted by Crippen LogP contribution is 2.33. The molecule has 0 atom stereocenters. The highest BCUT2D eigenvalue weighted by atomic mass is 35.5. The zero-order valence-electron chi connectivity index (χ0n) is 8.45. The number of halogens is 2. The quantitative estimate of drug-likeness (QED) is 0.492. The van der Waals surface area contributed by atoms with E-state index in [2.05, 4.69) is 10.2 Å². The van der Waals surface area contributed by atoms with Crippen LogP contribution in [-0.2, 0) is 0 Å². The maximum Gasteiger partial charge on any atom is 0.211 e. The largest absolute Gasteiger partial charge is 0.494 e. The molecule has 0 amide bonds. The Hall–Kier alpha value is -1.46. The van der Waals surface area contributed by atoms with Gasteiger partial charge < -0.3 is 16.2 Å². The number of nitrogens with two attached hydrogens (primary N) is 2. The third-order valence-electron chi connectivity index (χ3n) is 1.60. The summed E-state index contributed by atoms with van der Waals surface area (Å²) in [6.45, 7) is 0. The van der Waals surface area contributed by atoms with Crippen molar-refractivity contribution in [1.82, 2.24) is 0 Å². The van der Waals surface area contributed by atoms with E-state index in [4.69, 9.17) is 39.4 Å². The lowest BCUT2D eigenvalue weighted by molar-refractivity contribution is 0.415. The Morgan fingerprint density at radius 3 is 2.31 bits per heavy atom. The van der Waals surface area contributed by atoms with Gasteiger partial charge in [-0.15, -0.1) is 5.10 Å². The Kier molecular flexibility index (Phi) is 4.39. The van der Waals surface area contributed by atoms with Crippen molar-refractivity contribution in [3.8, 4) is 5.75 Å². The predicted molar refractivity (Wildman–Crippen MR) is 66.4 cm³/mol. The van der Waals surface area contributed by atoms with Gasteiger partial charge in [0.25, 0.3) is 0 Å². The van der Waals surface area contributed by atoms with Gasteiger partial charge in [0.2, 0.25) is 5.96 Å². The van der Waals surface area contributed by atoms with Gasteiger partial charge in [-0.05, 0) is 17.7 Å². The predicted octanol–water partition coefficient (Wildman–Crippen LogP) is 1.61. The molecule has 5 nitrogen and oxygen atoms in total. The maximum absolute atomic E-state index is 5.92. The summed E-state index contributed by atoms with van der Waals surface area (Å²) in [4.78, 5) is 0. The van der Waals surface area contributed by atoms with Gasteiger partial charge in [0, 0.05) is 0 Å². The molecule has 0 aliphatic heterocycles. The second-order valence-corrected chi connectivity index (χ2v) is 3.60. The molecule has 0 saturated carbocycles. The lowest BCUT2D eigenvalue weighted by atomic mass is 10.2. The summed E-state index contributed by atoms with van der Waals surface area (Å²) in [6, 6.07) is 3.27. The van der Waals surface area contributed by atoms with Gasteiger partial charge in [-0.25, -0.2) is 0 Å². The van der Waals surface area contributed by atoms with Crippen molar-refractivity contribution in [2.75, 3.05) is 7.11 Å². The third-order valence-corrected chi connectivity index (χ3v) is 2.17.